The van der Waals surface area contributed by atoms with Gasteiger partial charge in [0, 0.05) is 26.4 Å². The van der Waals surface area contributed by atoms with Gasteiger partial charge in [-0.25, -0.2) is 9.31 Å². The fourth-order valence-corrected chi connectivity index (χ4v) is 1.42. The van der Waals surface area contributed by atoms with Crippen LogP contribution in [0.4, 0.5) is 0 Å². The lowest BCUT2D eigenvalue weighted by atomic mass is 10.3. The van der Waals surface area contributed by atoms with Gasteiger partial charge in [-0.2, -0.15) is 5.10 Å². The molecule has 0 aromatic carbocycles. The molecule has 2 aromatic heterocycles. The standard InChI is InChI=1S/C11H13N5O2/c1-15(2)7-5-8-10(11(17)18-3)14-13-9-4-6-12-16(8)9/h4-7H,1-3H3/b7-5+. The molecule has 0 aliphatic heterocycles. The normalized spacial score (nSPS) is 11.1. The molecule has 0 saturated carbocycles. The number of carbonyl (C=O) groups is 1. The minimum atomic E-state index is -0.543. The summed E-state index contributed by atoms with van der Waals surface area (Å²) in [7, 11) is 5.06. The summed E-state index contributed by atoms with van der Waals surface area (Å²) in [6.45, 7) is 0. The van der Waals surface area contributed by atoms with Crippen LogP contribution in [0.15, 0.2) is 18.5 Å². The number of carbonyl (C=O) groups excluding carboxylic acids is 1. The van der Waals surface area contributed by atoms with E-state index in [0.29, 0.717) is 11.3 Å². The Kier molecular flexibility index (Phi) is 3.22. The summed E-state index contributed by atoms with van der Waals surface area (Å²) in [5.74, 6) is -0.543. The van der Waals surface area contributed by atoms with E-state index in [1.54, 1.807) is 29.1 Å². The van der Waals surface area contributed by atoms with Crippen LogP contribution in [-0.4, -0.2) is 51.9 Å². The van der Waals surface area contributed by atoms with Gasteiger partial charge in [-0.1, -0.05) is 0 Å². The fourth-order valence-electron chi connectivity index (χ4n) is 1.42. The van der Waals surface area contributed by atoms with Crippen molar-refractivity contribution in [3.05, 3.63) is 29.9 Å². The first kappa shape index (κ1) is 12.0. The van der Waals surface area contributed by atoms with Gasteiger partial charge in [0.2, 0.25) is 0 Å². The second kappa shape index (κ2) is 4.82. The number of methoxy groups -OCH3 is 1. The van der Waals surface area contributed by atoms with Crippen LogP contribution >= 0.6 is 0 Å². The zero-order chi connectivity index (χ0) is 13.1. The number of ether oxygens (including phenoxy) is 1. The molecule has 7 heteroatoms. The summed E-state index contributed by atoms with van der Waals surface area (Å²) in [4.78, 5) is 13.5. The Morgan fingerprint density at radius 1 is 1.44 bits per heavy atom. The highest BCUT2D eigenvalue weighted by Gasteiger charge is 2.16. The summed E-state index contributed by atoms with van der Waals surface area (Å²) in [5.41, 5.74) is 1.23. The largest absolute Gasteiger partial charge is 0.464 e. The van der Waals surface area contributed by atoms with Gasteiger partial charge in [0.25, 0.3) is 0 Å². The summed E-state index contributed by atoms with van der Waals surface area (Å²) < 4.78 is 6.22. The first-order valence-electron chi connectivity index (χ1n) is 5.27. The van der Waals surface area contributed by atoms with Gasteiger partial charge < -0.3 is 9.64 Å². The van der Waals surface area contributed by atoms with Crippen LogP contribution in [-0.2, 0) is 4.74 Å². The van der Waals surface area contributed by atoms with Gasteiger partial charge in [-0.05, 0) is 6.08 Å². The van der Waals surface area contributed by atoms with Crippen molar-refractivity contribution in [1.29, 1.82) is 0 Å². The average Bonchev–Trinajstić information content (AvgIpc) is 2.83. The second-order valence-electron chi connectivity index (χ2n) is 3.81. The van der Waals surface area contributed by atoms with Crippen LogP contribution in [0, 0.1) is 0 Å². The van der Waals surface area contributed by atoms with E-state index >= 15 is 0 Å². The van der Waals surface area contributed by atoms with Gasteiger partial charge in [-0.3, -0.25) is 0 Å². The molecule has 0 bridgehead atoms. The van der Waals surface area contributed by atoms with Gasteiger partial charge in [0.15, 0.2) is 11.3 Å². The van der Waals surface area contributed by atoms with Gasteiger partial charge >= 0.3 is 5.97 Å². The van der Waals surface area contributed by atoms with Crippen LogP contribution in [0.3, 0.4) is 0 Å². The molecule has 2 rings (SSSR count). The third kappa shape index (κ3) is 2.15. The van der Waals surface area contributed by atoms with Crippen LogP contribution in [0.25, 0.3) is 11.7 Å². The zero-order valence-corrected chi connectivity index (χ0v) is 10.4. The minimum absolute atomic E-state index is 0.131. The molecular weight excluding hydrogens is 234 g/mol. The molecule has 94 valence electrons. The zero-order valence-electron chi connectivity index (χ0n) is 10.4. The highest BCUT2D eigenvalue weighted by Crippen LogP contribution is 2.11. The van der Waals surface area contributed by atoms with E-state index in [1.165, 1.54) is 7.11 Å². The molecule has 0 atom stereocenters. The third-order valence-electron chi connectivity index (χ3n) is 2.26. The van der Waals surface area contributed by atoms with Crippen molar-refractivity contribution >= 4 is 17.7 Å². The number of hydrogen-bond donors (Lipinski definition) is 0. The van der Waals surface area contributed by atoms with Crippen molar-refractivity contribution in [3.8, 4) is 0 Å². The maximum atomic E-state index is 11.6. The van der Waals surface area contributed by atoms with Crippen molar-refractivity contribution in [3.63, 3.8) is 0 Å². The Morgan fingerprint density at radius 3 is 2.89 bits per heavy atom. The lowest BCUT2D eigenvalue weighted by molar-refractivity contribution is 0.0591. The number of esters is 1. The Hall–Kier alpha value is -2.44. The van der Waals surface area contributed by atoms with Crippen molar-refractivity contribution in [1.82, 2.24) is 24.7 Å². The maximum Gasteiger partial charge on any atom is 0.360 e. The highest BCUT2D eigenvalue weighted by atomic mass is 16.5. The number of aromatic nitrogens is 4. The summed E-state index contributed by atoms with van der Waals surface area (Å²) in [6, 6.07) is 1.71. The monoisotopic (exact) mass is 247 g/mol. The molecule has 0 spiro atoms. The number of fused-ring (bicyclic) bond motifs is 1. The van der Waals surface area contributed by atoms with Crippen LogP contribution in [0.2, 0.25) is 0 Å². The van der Waals surface area contributed by atoms with Crippen molar-refractivity contribution in [2.75, 3.05) is 21.2 Å². The fraction of sp³-hybridized carbons (Fsp3) is 0.273. The molecule has 2 aromatic rings. The van der Waals surface area contributed by atoms with E-state index in [2.05, 4.69) is 20.0 Å². The Labute approximate surface area is 104 Å². The third-order valence-corrected chi connectivity index (χ3v) is 2.26. The number of nitrogens with zero attached hydrogens (tertiary/aromatic N) is 5. The van der Waals surface area contributed by atoms with E-state index < -0.39 is 5.97 Å². The lowest BCUT2D eigenvalue weighted by Crippen LogP contribution is -2.13. The molecule has 18 heavy (non-hydrogen) atoms. The Balaban J connectivity index is 2.62. The van der Waals surface area contributed by atoms with Gasteiger partial charge in [-0.15, -0.1) is 10.2 Å². The predicted molar refractivity (Wildman–Crippen MR) is 64.8 cm³/mol. The molecule has 0 N–H and O–H groups in total. The van der Waals surface area contributed by atoms with Gasteiger partial charge in [0.1, 0.15) is 5.69 Å². The second-order valence-corrected chi connectivity index (χ2v) is 3.81. The van der Waals surface area contributed by atoms with E-state index in [0.717, 1.165) is 0 Å². The Morgan fingerprint density at radius 2 is 2.22 bits per heavy atom. The maximum absolute atomic E-state index is 11.6. The van der Waals surface area contributed by atoms with Crippen molar-refractivity contribution < 1.29 is 9.53 Å². The summed E-state index contributed by atoms with van der Waals surface area (Å²) in [5, 5.41) is 11.9. The molecule has 2 heterocycles. The smallest absolute Gasteiger partial charge is 0.360 e. The number of hydrogen-bond acceptors (Lipinski definition) is 6. The molecule has 0 aliphatic rings. The quantitative estimate of drug-likeness (QED) is 0.733. The molecule has 7 nitrogen and oxygen atoms in total. The van der Waals surface area contributed by atoms with E-state index in [-0.39, 0.29) is 5.69 Å². The minimum Gasteiger partial charge on any atom is -0.464 e. The Bertz CT molecular complexity index is 602. The van der Waals surface area contributed by atoms with Crippen LogP contribution in [0.5, 0.6) is 0 Å². The molecule has 0 saturated heterocycles. The first-order valence-corrected chi connectivity index (χ1v) is 5.27. The number of rotatable bonds is 3. The highest BCUT2D eigenvalue weighted by molar-refractivity contribution is 5.90. The van der Waals surface area contributed by atoms with E-state index in [4.69, 9.17) is 0 Å². The lowest BCUT2D eigenvalue weighted by Gasteiger charge is -2.07. The molecule has 0 amide bonds. The van der Waals surface area contributed by atoms with E-state index in [1.807, 2.05) is 19.0 Å². The molecule has 0 aliphatic carbocycles. The van der Waals surface area contributed by atoms with Crippen molar-refractivity contribution in [2.24, 2.45) is 0 Å². The molecular formula is C11H13N5O2. The molecule has 0 radical (unpaired) electrons. The predicted octanol–water partition coefficient (Wildman–Crippen LogP) is 0.443. The SMILES string of the molecule is COC(=O)c1nnc2ccnn2c1/C=C/N(C)C. The van der Waals surface area contributed by atoms with Crippen LogP contribution in [0.1, 0.15) is 16.2 Å². The van der Waals surface area contributed by atoms with Gasteiger partial charge in [0.05, 0.1) is 13.3 Å². The van der Waals surface area contributed by atoms with E-state index in [9.17, 15) is 4.79 Å². The average molecular weight is 247 g/mol. The summed E-state index contributed by atoms with van der Waals surface area (Å²) >= 11 is 0. The molecule has 0 fully saturated rings. The van der Waals surface area contributed by atoms with Crippen LogP contribution < -0.4 is 0 Å². The topological polar surface area (TPSA) is 72.6 Å². The first-order chi connectivity index (χ1) is 8.63. The summed E-state index contributed by atoms with van der Waals surface area (Å²) in [6.07, 6.45) is 5.13. The molecule has 0 unspecified atom stereocenters. The van der Waals surface area contributed by atoms with Crippen molar-refractivity contribution in [2.45, 2.75) is 0 Å².